The number of amides is 1. The molecule has 1 aromatic rings. The highest BCUT2D eigenvalue weighted by Gasteiger charge is 2.39. The normalized spacial score (nSPS) is 22.0. The Balaban J connectivity index is 1.82. The zero-order chi connectivity index (χ0) is 18.4. The second-order valence-corrected chi connectivity index (χ2v) is 8.60. The second-order valence-electron chi connectivity index (χ2n) is 8.60. The summed E-state index contributed by atoms with van der Waals surface area (Å²) in [6.07, 6.45) is 3.70. The lowest BCUT2D eigenvalue weighted by Crippen LogP contribution is -2.44. The average molecular weight is 347 g/mol. The van der Waals surface area contributed by atoms with Crippen LogP contribution in [0.5, 0.6) is 0 Å². The van der Waals surface area contributed by atoms with Gasteiger partial charge in [-0.1, -0.05) is 20.8 Å². The van der Waals surface area contributed by atoms with E-state index in [9.17, 15) is 14.7 Å². The largest absolute Gasteiger partial charge is 0.455 e. The molecule has 1 N–H and O–H groups in total. The summed E-state index contributed by atoms with van der Waals surface area (Å²) in [6.45, 7) is 9.43. The monoisotopic (exact) mass is 347 g/mol. The minimum atomic E-state index is -0.125. The molecule has 1 amide bonds. The number of ketones is 1. The first-order valence-corrected chi connectivity index (χ1v) is 9.27. The maximum atomic E-state index is 13.0. The van der Waals surface area contributed by atoms with Gasteiger partial charge in [0, 0.05) is 38.1 Å². The van der Waals surface area contributed by atoms with Gasteiger partial charge in [-0.3, -0.25) is 9.59 Å². The van der Waals surface area contributed by atoms with E-state index in [4.69, 9.17) is 4.42 Å². The van der Waals surface area contributed by atoms with Crippen molar-refractivity contribution in [1.29, 1.82) is 0 Å². The minimum Gasteiger partial charge on any atom is -0.455 e. The summed E-state index contributed by atoms with van der Waals surface area (Å²) in [5.74, 6) is 0.942. The number of hydrogen-bond donors (Lipinski definition) is 1. The molecule has 25 heavy (non-hydrogen) atoms. The van der Waals surface area contributed by atoms with Gasteiger partial charge >= 0.3 is 0 Å². The van der Waals surface area contributed by atoms with Gasteiger partial charge in [-0.05, 0) is 37.0 Å². The van der Waals surface area contributed by atoms with Crippen LogP contribution in [-0.4, -0.2) is 41.4 Å². The number of piperidine rings is 1. The van der Waals surface area contributed by atoms with Gasteiger partial charge in [-0.15, -0.1) is 0 Å². The predicted octanol–water partition coefficient (Wildman–Crippen LogP) is 3.37. The number of Topliss-reactive ketones (excluding diaryl/α,β-unsaturated/α-hetero) is 1. The summed E-state index contributed by atoms with van der Waals surface area (Å²) >= 11 is 0. The number of aliphatic hydroxyl groups is 1. The number of carbonyl (C=O) groups is 2. The van der Waals surface area contributed by atoms with E-state index in [0.717, 1.165) is 19.3 Å². The van der Waals surface area contributed by atoms with Gasteiger partial charge < -0.3 is 14.4 Å². The van der Waals surface area contributed by atoms with Crippen molar-refractivity contribution in [2.45, 2.75) is 59.8 Å². The third-order valence-corrected chi connectivity index (χ3v) is 6.17. The highest BCUT2D eigenvalue weighted by atomic mass is 16.4. The van der Waals surface area contributed by atoms with Crippen LogP contribution in [-0.2, 0) is 6.42 Å². The maximum absolute atomic E-state index is 13.0. The number of rotatable bonds is 3. The van der Waals surface area contributed by atoms with Crippen LogP contribution in [0.25, 0.3) is 0 Å². The molecule has 0 saturated carbocycles. The average Bonchev–Trinajstić information content (AvgIpc) is 2.89. The molecule has 0 unspecified atom stereocenters. The SMILES string of the molecule is CCC1(CO)CCN(C(=O)c2oc3c(c2C)C(=O)CC(C)(C)C3)CC1. The molecule has 0 atom stereocenters. The molecular weight excluding hydrogens is 318 g/mol. The fraction of sp³-hybridized carbons (Fsp3) is 0.700. The molecule has 0 bridgehead atoms. The standard InChI is InChI=1S/C20H29NO4/c1-5-20(12-22)6-8-21(9-7-20)18(24)17-13(2)16-14(23)10-19(3,4)11-15(16)25-17/h22H,5-12H2,1-4H3. The summed E-state index contributed by atoms with van der Waals surface area (Å²) in [5, 5.41) is 9.66. The number of hydrogen-bond acceptors (Lipinski definition) is 4. The van der Waals surface area contributed by atoms with Gasteiger partial charge in [-0.25, -0.2) is 0 Å². The van der Waals surface area contributed by atoms with Crippen molar-refractivity contribution in [1.82, 2.24) is 4.90 Å². The molecule has 1 aliphatic heterocycles. The van der Waals surface area contributed by atoms with Crippen molar-refractivity contribution in [2.75, 3.05) is 19.7 Å². The Kier molecular flexibility index (Phi) is 4.56. The fourth-order valence-electron chi connectivity index (χ4n) is 4.24. The molecule has 138 valence electrons. The van der Waals surface area contributed by atoms with Gasteiger partial charge in [0.05, 0.1) is 5.56 Å². The first kappa shape index (κ1) is 18.2. The molecular formula is C20H29NO4. The van der Waals surface area contributed by atoms with Crippen LogP contribution < -0.4 is 0 Å². The van der Waals surface area contributed by atoms with Gasteiger partial charge in [0.15, 0.2) is 11.5 Å². The molecule has 2 aliphatic rings. The van der Waals surface area contributed by atoms with E-state index in [1.165, 1.54) is 0 Å². The highest BCUT2D eigenvalue weighted by Crippen LogP contribution is 2.39. The zero-order valence-electron chi connectivity index (χ0n) is 15.8. The maximum Gasteiger partial charge on any atom is 0.289 e. The molecule has 1 aromatic heterocycles. The summed E-state index contributed by atoms with van der Waals surface area (Å²) in [4.78, 5) is 27.2. The van der Waals surface area contributed by atoms with Crippen molar-refractivity contribution < 1.29 is 19.1 Å². The van der Waals surface area contributed by atoms with Crippen LogP contribution in [0, 0.1) is 17.8 Å². The predicted molar refractivity (Wildman–Crippen MR) is 94.8 cm³/mol. The molecule has 2 heterocycles. The zero-order valence-corrected chi connectivity index (χ0v) is 15.8. The number of aliphatic hydroxyl groups excluding tert-OH is 1. The van der Waals surface area contributed by atoms with Crippen molar-refractivity contribution in [2.24, 2.45) is 10.8 Å². The third-order valence-electron chi connectivity index (χ3n) is 6.17. The van der Waals surface area contributed by atoms with Crippen LogP contribution >= 0.6 is 0 Å². The second kappa shape index (κ2) is 6.27. The molecule has 1 fully saturated rings. The number of furan rings is 1. The molecule has 0 spiro atoms. The van der Waals surface area contributed by atoms with Crippen LogP contribution in [0.3, 0.4) is 0 Å². The molecule has 3 rings (SSSR count). The Morgan fingerprint density at radius 3 is 2.44 bits per heavy atom. The lowest BCUT2D eigenvalue weighted by molar-refractivity contribution is 0.0318. The minimum absolute atomic E-state index is 0.0613. The fourth-order valence-corrected chi connectivity index (χ4v) is 4.24. The van der Waals surface area contributed by atoms with Crippen LogP contribution in [0.15, 0.2) is 4.42 Å². The van der Waals surface area contributed by atoms with Crippen molar-refractivity contribution in [3.63, 3.8) is 0 Å². The Hall–Kier alpha value is -1.62. The topological polar surface area (TPSA) is 70.8 Å². The lowest BCUT2D eigenvalue weighted by atomic mass is 9.76. The number of fused-ring (bicyclic) bond motifs is 1. The molecule has 0 aromatic carbocycles. The van der Waals surface area contributed by atoms with Gasteiger partial charge in [0.2, 0.25) is 0 Å². The van der Waals surface area contributed by atoms with Crippen molar-refractivity contribution >= 4 is 11.7 Å². The number of likely N-dealkylation sites (tertiary alicyclic amines) is 1. The summed E-state index contributed by atoms with van der Waals surface area (Å²) in [7, 11) is 0. The number of nitrogens with zero attached hydrogens (tertiary/aromatic N) is 1. The van der Waals surface area contributed by atoms with Crippen LogP contribution in [0.1, 0.15) is 78.7 Å². The van der Waals surface area contributed by atoms with E-state index in [1.807, 2.05) is 6.92 Å². The van der Waals surface area contributed by atoms with Crippen molar-refractivity contribution in [3.8, 4) is 0 Å². The third kappa shape index (κ3) is 3.14. The summed E-state index contributed by atoms with van der Waals surface area (Å²) < 4.78 is 5.90. The van der Waals surface area contributed by atoms with Crippen molar-refractivity contribution in [3.05, 3.63) is 22.6 Å². The molecule has 0 radical (unpaired) electrons. The van der Waals surface area contributed by atoms with E-state index in [-0.39, 0.29) is 29.1 Å². The van der Waals surface area contributed by atoms with E-state index in [2.05, 4.69) is 20.8 Å². The molecule has 1 aliphatic carbocycles. The first-order chi connectivity index (χ1) is 11.7. The van der Waals surface area contributed by atoms with Crippen LogP contribution in [0.2, 0.25) is 0 Å². The Morgan fingerprint density at radius 2 is 1.88 bits per heavy atom. The summed E-state index contributed by atoms with van der Waals surface area (Å²) in [6, 6.07) is 0. The summed E-state index contributed by atoms with van der Waals surface area (Å²) in [5.41, 5.74) is 1.13. The lowest BCUT2D eigenvalue weighted by Gasteiger charge is -2.40. The number of carbonyl (C=O) groups excluding carboxylic acids is 2. The van der Waals surface area contributed by atoms with Gasteiger partial charge in [0.1, 0.15) is 5.76 Å². The molecule has 5 nitrogen and oxygen atoms in total. The van der Waals surface area contributed by atoms with E-state index >= 15 is 0 Å². The van der Waals surface area contributed by atoms with Gasteiger partial charge in [0.25, 0.3) is 5.91 Å². The first-order valence-electron chi connectivity index (χ1n) is 9.27. The van der Waals surface area contributed by atoms with Gasteiger partial charge in [-0.2, -0.15) is 0 Å². The highest BCUT2D eigenvalue weighted by molar-refractivity contribution is 6.03. The smallest absolute Gasteiger partial charge is 0.289 e. The quantitative estimate of drug-likeness (QED) is 0.910. The molecule has 5 heteroatoms. The van der Waals surface area contributed by atoms with E-state index < -0.39 is 0 Å². The van der Waals surface area contributed by atoms with E-state index in [0.29, 0.717) is 48.6 Å². The Bertz CT molecular complexity index is 687. The Morgan fingerprint density at radius 1 is 1.24 bits per heavy atom. The van der Waals surface area contributed by atoms with Crippen LogP contribution in [0.4, 0.5) is 0 Å². The van der Waals surface area contributed by atoms with E-state index in [1.54, 1.807) is 4.90 Å². The molecule has 1 saturated heterocycles. The Labute approximate surface area is 149 Å².